The molecule has 5 nitrogen and oxygen atoms in total. The summed E-state index contributed by atoms with van der Waals surface area (Å²) in [5.74, 6) is 1.57. The van der Waals surface area contributed by atoms with Gasteiger partial charge in [-0.3, -0.25) is 4.90 Å². The van der Waals surface area contributed by atoms with Gasteiger partial charge < -0.3 is 19.7 Å². The second-order valence-corrected chi connectivity index (χ2v) is 6.04. The van der Waals surface area contributed by atoms with Crippen LogP contribution in [-0.4, -0.2) is 54.6 Å². The van der Waals surface area contributed by atoms with Crippen molar-refractivity contribution in [2.45, 2.75) is 19.1 Å². The van der Waals surface area contributed by atoms with E-state index < -0.39 is 6.10 Å². The lowest BCUT2D eigenvalue weighted by Gasteiger charge is -2.21. The lowest BCUT2D eigenvalue weighted by atomic mass is 10.2. The number of para-hydroxylation sites is 1. The smallest absolute Gasteiger partial charge is 0.119 e. The highest BCUT2D eigenvalue weighted by atomic mass is 16.5. The Morgan fingerprint density at radius 2 is 1.64 bits per heavy atom. The first kappa shape index (κ1) is 19.2. The summed E-state index contributed by atoms with van der Waals surface area (Å²) >= 11 is 0. The van der Waals surface area contributed by atoms with Crippen LogP contribution in [0.15, 0.2) is 54.6 Å². The maximum absolute atomic E-state index is 10.1. The SMILES string of the molecule is CN(Cc1ccc(OCCCO)cc1)C[C@@H](O)COc1ccccc1. The first-order chi connectivity index (χ1) is 12.2. The van der Waals surface area contributed by atoms with E-state index >= 15 is 0 Å². The zero-order chi connectivity index (χ0) is 17.9. The van der Waals surface area contributed by atoms with Crippen LogP contribution in [0.25, 0.3) is 0 Å². The van der Waals surface area contributed by atoms with Crippen LogP contribution in [0.3, 0.4) is 0 Å². The van der Waals surface area contributed by atoms with Gasteiger partial charge in [-0.05, 0) is 36.9 Å². The van der Waals surface area contributed by atoms with Gasteiger partial charge in [0.15, 0.2) is 0 Å². The molecule has 0 heterocycles. The first-order valence-corrected chi connectivity index (χ1v) is 8.54. The number of nitrogens with zero attached hydrogens (tertiary/aromatic N) is 1. The average molecular weight is 345 g/mol. The van der Waals surface area contributed by atoms with Crippen molar-refractivity contribution in [3.05, 3.63) is 60.2 Å². The Morgan fingerprint density at radius 1 is 0.960 bits per heavy atom. The topological polar surface area (TPSA) is 62.2 Å². The van der Waals surface area contributed by atoms with Gasteiger partial charge in [-0.2, -0.15) is 0 Å². The van der Waals surface area contributed by atoms with E-state index in [0.29, 0.717) is 19.6 Å². The van der Waals surface area contributed by atoms with Crippen LogP contribution in [0, 0.1) is 0 Å². The molecule has 0 aliphatic heterocycles. The van der Waals surface area contributed by atoms with Crippen molar-refractivity contribution in [2.75, 3.05) is 33.4 Å². The molecule has 0 unspecified atom stereocenters. The maximum Gasteiger partial charge on any atom is 0.119 e. The molecule has 0 saturated heterocycles. The molecule has 0 radical (unpaired) electrons. The van der Waals surface area contributed by atoms with Crippen LogP contribution in [0.4, 0.5) is 0 Å². The van der Waals surface area contributed by atoms with Crippen molar-refractivity contribution in [3.8, 4) is 11.5 Å². The minimum Gasteiger partial charge on any atom is -0.494 e. The minimum atomic E-state index is -0.550. The number of benzene rings is 2. The molecule has 2 aromatic carbocycles. The Labute approximate surface area is 149 Å². The fourth-order valence-electron chi connectivity index (χ4n) is 2.44. The van der Waals surface area contributed by atoms with E-state index in [1.807, 2.05) is 61.6 Å². The highest BCUT2D eigenvalue weighted by Gasteiger charge is 2.10. The molecule has 0 aliphatic carbocycles. The van der Waals surface area contributed by atoms with E-state index in [9.17, 15) is 5.11 Å². The average Bonchev–Trinajstić information content (AvgIpc) is 2.62. The van der Waals surface area contributed by atoms with Gasteiger partial charge in [0.05, 0.1) is 6.61 Å². The van der Waals surface area contributed by atoms with Crippen molar-refractivity contribution in [2.24, 2.45) is 0 Å². The van der Waals surface area contributed by atoms with E-state index in [4.69, 9.17) is 14.6 Å². The number of rotatable bonds is 11. The Morgan fingerprint density at radius 3 is 2.32 bits per heavy atom. The summed E-state index contributed by atoms with van der Waals surface area (Å²) in [6.45, 7) is 2.19. The van der Waals surface area contributed by atoms with Gasteiger partial charge in [-0.15, -0.1) is 0 Å². The zero-order valence-corrected chi connectivity index (χ0v) is 14.7. The Hall–Kier alpha value is -2.08. The molecule has 5 heteroatoms. The molecule has 0 spiro atoms. The fraction of sp³-hybridized carbons (Fsp3) is 0.400. The summed E-state index contributed by atoms with van der Waals surface area (Å²) in [7, 11) is 1.97. The van der Waals surface area contributed by atoms with Crippen molar-refractivity contribution >= 4 is 0 Å². The number of aliphatic hydroxyl groups is 2. The molecule has 0 aliphatic rings. The summed E-state index contributed by atoms with van der Waals surface area (Å²) in [5.41, 5.74) is 1.15. The molecule has 136 valence electrons. The molecule has 2 rings (SSSR count). The van der Waals surface area contributed by atoms with Crippen LogP contribution in [-0.2, 0) is 6.54 Å². The third kappa shape index (κ3) is 7.56. The van der Waals surface area contributed by atoms with Crippen LogP contribution in [0.5, 0.6) is 11.5 Å². The first-order valence-electron chi connectivity index (χ1n) is 8.54. The Balaban J connectivity index is 1.70. The van der Waals surface area contributed by atoms with Crippen molar-refractivity contribution < 1.29 is 19.7 Å². The van der Waals surface area contributed by atoms with E-state index in [1.54, 1.807) is 0 Å². The van der Waals surface area contributed by atoms with E-state index in [2.05, 4.69) is 4.90 Å². The number of ether oxygens (including phenoxy) is 2. The van der Waals surface area contributed by atoms with Gasteiger partial charge in [0.25, 0.3) is 0 Å². The third-order valence-corrected chi connectivity index (χ3v) is 3.66. The quantitative estimate of drug-likeness (QED) is 0.612. The molecule has 1 atom stereocenters. The highest BCUT2D eigenvalue weighted by Crippen LogP contribution is 2.14. The molecule has 0 fully saturated rings. The number of likely N-dealkylation sites (N-methyl/N-ethyl adjacent to an activating group) is 1. The van der Waals surface area contributed by atoms with Crippen LogP contribution in [0.2, 0.25) is 0 Å². The maximum atomic E-state index is 10.1. The summed E-state index contributed by atoms with van der Waals surface area (Å²) < 4.78 is 11.1. The van der Waals surface area contributed by atoms with Crippen LogP contribution >= 0.6 is 0 Å². The Kier molecular flexibility index (Phi) is 8.25. The van der Waals surface area contributed by atoms with Gasteiger partial charge in [0, 0.05) is 26.1 Å². The van der Waals surface area contributed by atoms with Gasteiger partial charge in [-0.25, -0.2) is 0 Å². The molecular formula is C20H27NO4. The minimum absolute atomic E-state index is 0.138. The zero-order valence-electron chi connectivity index (χ0n) is 14.7. The molecule has 0 bridgehead atoms. The predicted molar refractivity (Wildman–Crippen MR) is 97.9 cm³/mol. The summed E-state index contributed by atoms with van der Waals surface area (Å²) in [6, 6.07) is 17.4. The third-order valence-electron chi connectivity index (χ3n) is 3.66. The molecule has 0 aromatic heterocycles. The van der Waals surface area contributed by atoms with Gasteiger partial charge >= 0.3 is 0 Å². The molecule has 0 amide bonds. The predicted octanol–water partition coefficient (Wildman–Crippen LogP) is 2.32. The highest BCUT2D eigenvalue weighted by molar-refractivity contribution is 5.27. The van der Waals surface area contributed by atoms with E-state index in [-0.39, 0.29) is 13.2 Å². The molecule has 2 N–H and O–H groups in total. The van der Waals surface area contributed by atoms with Crippen molar-refractivity contribution in [1.29, 1.82) is 0 Å². The van der Waals surface area contributed by atoms with Gasteiger partial charge in [-0.1, -0.05) is 30.3 Å². The molecular weight excluding hydrogens is 318 g/mol. The normalized spacial score (nSPS) is 12.2. The van der Waals surface area contributed by atoms with E-state index in [0.717, 1.165) is 23.6 Å². The number of hydrogen-bond acceptors (Lipinski definition) is 5. The van der Waals surface area contributed by atoms with Crippen LogP contribution in [0.1, 0.15) is 12.0 Å². The van der Waals surface area contributed by atoms with E-state index in [1.165, 1.54) is 0 Å². The number of aliphatic hydroxyl groups excluding tert-OH is 2. The largest absolute Gasteiger partial charge is 0.494 e. The summed E-state index contributed by atoms with van der Waals surface area (Å²) in [6.07, 6.45) is 0.0826. The Bertz CT molecular complexity index is 588. The number of hydrogen-bond donors (Lipinski definition) is 2. The van der Waals surface area contributed by atoms with Gasteiger partial charge in [0.2, 0.25) is 0 Å². The monoisotopic (exact) mass is 345 g/mol. The van der Waals surface area contributed by atoms with Crippen LogP contribution < -0.4 is 9.47 Å². The molecule has 0 saturated carbocycles. The van der Waals surface area contributed by atoms with Crippen molar-refractivity contribution in [3.63, 3.8) is 0 Å². The summed E-state index contributed by atoms with van der Waals surface area (Å²) in [4.78, 5) is 2.06. The lowest BCUT2D eigenvalue weighted by molar-refractivity contribution is 0.0744. The lowest BCUT2D eigenvalue weighted by Crippen LogP contribution is -2.32. The van der Waals surface area contributed by atoms with Gasteiger partial charge in [0.1, 0.15) is 24.2 Å². The molecule has 25 heavy (non-hydrogen) atoms. The second-order valence-electron chi connectivity index (χ2n) is 6.04. The van der Waals surface area contributed by atoms with Crippen molar-refractivity contribution in [1.82, 2.24) is 4.90 Å². The fourth-order valence-corrected chi connectivity index (χ4v) is 2.44. The second kappa shape index (κ2) is 10.7. The molecule has 2 aromatic rings. The summed E-state index contributed by atoms with van der Waals surface area (Å²) in [5, 5.41) is 18.9. The standard InChI is InChI=1S/C20H27NO4/c1-21(15-18(23)16-25-19-6-3-2-4-7-19)14-17-8-10-20(11-9-17)24-13-5-12-22/h2-4,6-11,18,22-23H,5,12-16H2,1H3/t18-/m1/s1.